The second-order valence-corrected chi connectivity index (χ2v) is 7.14. The maximum atomic E-state index is 6.26. The van der Waals surface area contributed by atoms with Gasteiger partial charge in [-0.1, -0.05) is 48.6 Å². The van der Waals surface area contributed by atoms with Gasteiger partial charge in [-0.15, -0.1) is 0 Å². The molecule has 0 amide bonds. The van der Waals surface area contributed by atoms with E-state index in [0.29, 0.717) is 17.2 Å². The average molecular weight is 426 g/mol. The van der Waals surface area contributed by atoms with Crippen LogP contribution in [0, 0.1) is 0 Å². The van der Waals surface area contributed by atoms with E-state index in [0.717, 1.165) is 33.8 Å². The van der Waals surface area contributed by atoms with E-state index < -0.39 is 0 Å². The largest absolute Gasteiger partial charge is 0.493 e. The summed E-state index contributed by atoms with van der Waals surface area (Å²) in [7, 11) is 4.82. The van der Waals surface area contributed by atoms with Crippen molar-refractivity contribution < 1.29 is 18.6 Å². The average Bonchev–Trinajstić information content (AvgIpc) is 2.87. The summed E-state index contributed by atoms with van der Waals surface area (Å²) in [4.78, 5) is 0. The summed E-state index contributed by atoms with van der Waals surface area (Å²) in [6.45, 7) is 0. The number of hydrogen-bond acceptors (Lipinski definition) is 3. The number of hydrogen-bond donors (Lipinski definition) is 0. The Morgan fingerprint density at radius 1 is 0.562 bits per heavy atom. The van der Waals surface area contributed by atoms with Gasteiger partial charge < -0.3 is 14.2 Å². The zero-order valence-electron chi connectivity index (χ0n) is 18.4. The molecule has 4 aromatic rings. The van der Waals surface area contributed by atoms with Gasteiger partial charge in [-0.2, -0.15) is 0 Å². The van der Waals surface area contributed by atoms with Crippen LogP contribution in [0.4, 0.5) is 0 Å². The van der Waals surface area contributed by atoms with Crippen molar-refractivity contribution in [2.75, 3.05) is 21.3 Å². The van der Waals surface area contributed by atoms with Crippen molar-refractivity contribution in [1.82, 2.24) is 0 Å². The minimum Gasteiger partial charge on any atom is -0.493 e. The molecule has 0 fully saturated rings. The first-order valence-electron chi connectivity index (χ1n) is 10.3. The van der Waals surface area contributed by atoms with E-state index >= 15 is 0 Å². The molecule has 1 heterocycles. The third kappa shape index (κ3) is 4.65. The fourth-order valence-electron chi connectivity index (χ4n) is 3.50. The molecule has 0 N–H and O–H groups in total. The zero-order valence-corrected chi connectivity index (χ0v) is 18.4. The van der Waals surface area contributed by atoms with E-state index in [1.165, 1.54) is 0 Å². The van der Waals surface area contributed by atoms with Gasteiger partial charge in [0, 0.05) is 0 Å². The van der Waals surface area contributed by atoms with Crippen LogP contribution < -0.4 is 14.2 Å². The van der Waals surface area contributed by atoms with E-state index in [1.807, 2.05) is 91.0 Å². The van der Waals surface area contributed by atoms with Crippen molar-refractivity contribution in [1.29, 1.82) is 0 Å². The Hall–Kier alpha value is -4.05. The molecule has 0 aliphatic carbocycles. The van der Waals surface area contributed by atoms with Gasteiger partial charge in [0.25, 0.3) is 0 Å². The summed E-state index contributed by atoms with van der Waals surface area (Å²) >= 11 is 0. The Bertz CT molecular complexity index is 1130. The molecule has 0 radical (unpaired) electrons. The van der Waals surface area contributed by atoms with E-state index in [2.05, 4.69) is 6.08 Å². The van der Waals surface area contributed by atoms with Gasteiger partial charge in [0.15, 0.2) is 11.5 Å². The van der Waals surface area contributed by atoms with Crippen molar-refractivity contribution in [2.45, 2.75) is 0 Å². The summed E-state index contributed by atoms with van der Waals surface area (Å²) in [5.41, 5.74) is 3.99. The van der Waals surface area contributed by atoms with Crippen LogP contribution in [-0.2, 0) is 0 Å². The van der Waals surface area contributed by atoms with Crippen molar-refractivity contribution in [3.05, 3.63) is 96.1 Å². The van der Waals surface area contributed by atoms with Gasteiger partial charge >= 0.3 is 11.5 Å². The van der Waals surface area contributed by atoms with E-state index in [-0.39, 0.29) is 0 Å². The highest BCUT2D eigenvalue weighted by Gasteiger charge is 2.19. The molecule has 160 valence electrons. The van der Waals surface area contributed by atoms with Crippen molar-refractivity contribution in [2.24, 2.45) is 0 Å². The van der Waals surface area contributed by atoms with Gasteiger partial charge in [-0.3, -0.25) is 0 Å². The fourth-order valence-corrected chi connectivity index (χ4v) is 3.50. The molecule has 0 spiro atoms. The van der Waals surface area contributed by atoms with Crippen LogP contribution >= 0.6 is 0 Å². The Balaban J connectivity index is 1.77. The Kier molecular flexibility index (Phi) is 6.52. The van der Waals surface area contributed by atoms with Crippen LogP contribution in [0.1, 0.15) is 11.1 Å². The van der Waals surface area contributed by atoms with E-state index in [9.17, 15) is 0 Å². The highest BCUT2D eigenvalue weighted by molar-refractivity contribution is 5.76. The minimum atomic E-state index is 0.573. The van der Waals surface area contributed by atoms with Crippen molar-refractivity contribution in [3.63, 3.8) is 0 Å². The summed E-state index contributed by atoms with van der Waals surface area (Å²) in [6.07, 6.45) is 4.07. The number of ether oxygens (including phenoxy) is 3. The first kappa shape index (κ1) is 21.2. The van der Waals surface area contributed by atoms with E-state index in [4.69, 9.17) is 18.6 Å². The predicted molar refractivity (Wildman–Crippen MR) is 129 cm³/mol. The maximum Gasteiger partial charge on any atom is 0.361 e. The molecule has 1 aromatic heterocycles. The molecule has 3 aromatic carbocycles. The summed E-state index contributed by atoms with van der Waals surface area (Å²) in [5, 5.41) is 0. The van der Waals surface area contributed by atoms with Crippen molar-refractivity contribution in [3.8, 4) is 39.9 Å². The van der Waals surface area contributed by atoms with Gasteiger partial charge in [-0.05, 0) is 47.5 Å². The first-order chi connectivity index (χ1) is 15.7. The molecule has 0 saturated carbocycles. The van der Waals surface area contributed by atoms with Crippen LogP contribution in [0.2, 0.25) is 0 Å². The van der Waals surface area contributed by atoms with Gasteiger partial charge in [0.1, 0.15) is 0 Å². The Morgan fingerprint density at radius 3 is 1.41 bits per heavy atom. The lowest BCUT2D eigenvalue weighted by atomic mass is 10.1. The predicted octanol–water partition coefficient (Wildman–Crippen LogP) is 7.09. The number of methoxy groups -OCH3 is 3. The quantitative estimate of drug-likeness (QED) is 0.296. The molecular weight excluding hydrogens is 400 g/mol. The highest BCUT2D eigenvalue weighted by atomic mass is 16.5. The van der Waals surface area contributed by atoms with Crippen molar-refractivity contribution >= 4 is 12.2 Å². The number of rotatable bonds is 7. The summed E-state index contributed by atoms with van der Waals surface area (Å²) in [6, 6.07) is 28.1. The molecular formula is C28H25O4+. The third-order valence-electron chi connectivity index (χ3n) is 5.09. The SMILES string of the molecule is COc1cc(C=Cc2cc(-c3ccccc3)[o+]c(-c3ccccc3)c2)cc(OC)c1OC. The maximum absolute atomic E-state index is 6.26. The fraction of sp³-hybridized carbons (Fsp3) is 0.107. The lowest BCUT2D eigenvalue weighted by Gasteiger charge is -2.12. The lowest BCUT2D eigenvalue weighted by molar-refractivity contribution is 0.324. The van der Waals surface area contributed by atoms with Crippen LogP contribution in [0.3, 0.4) is 0 Å². The highest BCUT2D eigenvalue weighted by Crippen LogP contribution is 2.38. The van der Waals surface area contributed by atoms with Crippen LogP contribution in [0.15, 0.2) is 89.3 Å². The molecule has 0 aliphatic heterocycles. The Labute approximate surface area is 188 Å². The molecule has 4 heteroatoms. The summed E-state index contributed by atoms with van der Waals surface area (Å²) < 4.78 is 22.6. The van der Waals surface area contributed by atoms with Gasteiger partial charge in [0.05, 0.1) is 44.6 Å². The molecule has 32 heavy (non-hydrogen) atoms. The van der Waals surface area contributed by atoms with E-state index in [1.54, 1.807) is 21.3 Å². The zero-order chi connectivity index (χ0) is 22.3. The lowest BCUT2D eigenvalue weighted by Crippen LogP contribution is -1.95. The standard InChI is InChI=1S/C28H25O4/c1-29-26-18-21(19-27(30-2)28(26)31-3)15-14-20-16-24(22-10-6-4-7-11-22)32-25(17-20)23-12-8-5-9-13-23/h4-19H,1-3H3/q+1. The molecule has 4 rings (SSSR count). The molecule has 4 nitrogen and oxygen atoms in total. The minimum absolute atomic E-state index is 0.573. The molecule has 0 saturated heterocycles. The molecule has 0 unspecified atom stereocenters. The Morgan fingerprint density at radius 2 is 1.00 bits per heavy atom. The smallest absolute Gasteiger partial charge is 0.361 e. The third-order valence-corrected chi connectivity index (χ3v) is 5.09. The van der Waals surface area contributed by atoms with Gasteiger partial charge in [-0.25, -0.2) is 4.42 Å². The molecule has 0 bridgehead atoms. The second-order valence-electron chi connectivity index (χ2n) is 7.14. The first-order valence-corrected chi connectivity index (χ1v) is 10.3. The molecule has 0 atom stereocenters. The normalized spacial score (nSPS) is 10.8. The second kappa shape index (κ2) is 9.84. The topological polar surface area (TPSA) is 39.0 Å². The number of benzene rings is 3. The van der Waals surface area contributed by atoms with Crippen LogP contribution in [0.5, 0.6) is 17.2 Å². The van der Waals surface area contributed by atoms with Gasteiger partial charge in [0.2, 0.25) is 5.75 Å². The van der Waals surface area contributed by atoms with Crippen LogP contribution in [0.25, 0.3) is 34.8 Å². The molecule has 0 aliphatic rings. The monoisotopic (exact) mass is 425 g/mol. The van der Waals surface area contributed by atoms with Crippen LogP contribution in [-0.4, -0.2) is 21.3 Å². The summed E-state index contributed by atoms with van der Waals surface area (Å²) in [5.74, 6) is 3.41.